The largest absolute Gasteiger partial charge is 0.383 e. The monoisotopic (exact) mass is 268 g/mol. The molecule has 2 saturated carbocycles. The summed E-state index contributed by atoms with van der Waals surface area (Å²) in [5, 5.41) is 0. The summed E-state index contributed by atoms with van der Waals surface area (Å²) < 4.78 is 5.22. The fourth-order valence-corrected chi connectivity index (χ4v) is 2.93. The molecule has 110 valence electrons. The smallest absolute Gasteiger partial charge is 0.209 e. The van der Waals surface area contributed by atoms with Gasteiger partial charge in [0.25, 0.3) is 0 Å². The van der Waals surface area contributed by atoms with Crippen molar-refractivity contribution in [2.75, 3.05) is 20.3 Å². The Labute approximate surface area is 116 Å². The van der Waals surface area contributed by atoms with Crippen LogP contribution in [0.4, 0.5) is 0 Å². The molecule has 2 fully saturated rings. The highest BCUT2D eigenvalue weighted by molar-refractivity contribution is 5.80. The molecule has 2 aliphatic rings. The van der Waals surface area contributed by atoms with Crippen LogP contribution in [0.2, 0.25) is 0 Å². The Balaban J connectivity index is 2.03. The number of nitrogens with two attached hydrogens (primary N) is 1. The fraction of sp³-hybridized carbons (Fsp3) is 0.929. The van der Waals surface area contributed by atoms with Gasteiger partial charge in [-0.05, 0) is 38.5 Å². The van der Waals surface area contributed by atoms with E-state index in [1.54, 1.807) is 7.11 Å². The second-order valence-corrected chi connectivity index (χ2v) is 5.80. The fourth-order valence-electron chi connectivity index (χ4n) is 2.93. The molecular formula is C14H28N4O. The predicted molar refractivity (Wildman–Crippen MR) is 77.8 cm³/mol. The third-order valence-corrected chi connectivity index (χ3v) is 4.36. The molecule has 19 heavy (non-hydrogen) atoms. The van der Waals surface area contributed by atoms with Crippen LogP contribution < -0.4 is 11.3 Å². The van der Waals surface area contributed by atoms with Crippen LogP contribution in [-0.2, 0) is 4.74 Å². The average molecular weight is 268 g/mol. The van der Waals surface area contributed by atoms with Gasteiger partial charge in [0.15, 0.2) is 0 Å². The molecule has 0 bridgehead atoms. The van der Waals surface area contributed by atoms with E-state index in [-0.39, 0.29) is 0 Å². The first kappa shape index (κ1) is 14.6. The molecule has 0 saturated heterocycles. The van der Waals surface area contributed by atoms with Crippen molar-refractivity contribution in [3.05, 3.63) is 0 Å². The number of nitrogens with zero attached hydrogens (tertiary/aromatic N) is 2. The molecule has 3 N–H and O–H groups in total. The highest BCUT2D eigenvalue weighted by Gasteiger charge is 2.33. The highest BCUT2D eigenvalue weighted by Crippen LogP contribution is 2.35. The molecule has 2 rings (SSSR count). The number of aliphatic imine (C=N–C) groups is 1. The van der Waals surface area contributed by atoms with Crippen molar-refractivity contribution >= 4 is 5.96 Å². The lowest BCUT2D eigenvalue weighted by atomic mass is 10.2. The Morgan fingerprint density at radius 2 is 2.05 bits per heavy atom. The maximum absolute atomic E-state index is 5.72. The summed E-state index contributed by atoms with van der Waals surface area (Å²) in [7, 11) is 1.74. The van der Waals surface area contributed by atoms with Crippen LogP contribution in [-0.4, -0.2) is 43.2 Å². The second-order valence-electron chi connectivity index (χ2n) is 5.80. The molecule has 0 heterocycles. The van der Waals surface area contributed by atoms with Crippen molar-refractivity contribution in [1.82, 2.24) is 10.3 Å². The standard InChI is InChI=1S/C14H28N4O/c1-11(12-7-8-12)18(9-10-19-2)14(17-15)16-13-5-3-4-6-13/h11-13H,3-10,15H2,1-2H3,(H,16,17). The molecule has 0 spiro atoms. The molecule has 1 atom stereocenters. The van der Waals surface area contributed by atoms with Crippen molar-refractivity contribution in [3.8, 4) is 0 Å². The van der Waals surface area contributed by atoms with E-state index in [0.717, 1.165) is 18.4 Å². The molecule has 0 aromatic carbocycles. The quantitative estimate of drug-likeness (QED) is 0.332. The van der Waals surface area contributed by atoms with E-state index in [4.69, 9.17) is 15.6 Å². The van der Waals surface area contributed by atoms with Crippen molar-refractivity contribution in [1.29, 1.82) is 0 Å². The SMILES string of the molecule is COCCN(C(=NC1CCCC1)NN)C(C)C1CC1. The van der Waals surface area contributed by atoms with Gasteiger partial charge in [0.1, 0.15) is 0 Å². The minimum absolute atomic E-state index is 0.447. The maximum atomic E-state index is 5.72. The molecule has 0 aromatic rings. The summed E-state index contributed by atoms with van der Waals surface area (Å²) in [5.41, 5.74) is 2.82. The number of rotatable bonds is 6. The first-order valence-corrected chi connectivity index (χ1v) is 7.56. The molecular weight excluding hydrogens is 240 g/mol. The normalized spacial score (nSPS) is 22.6. The Bertz CT molecular complexity index is 298. The number of hydrogen-bond donors (Lipinski definition) is 2. The number of nitrogens with one attached hydrogen (secondary N) is 1. The molecule has 0 aromatic heterocycles. The van der Waals surface area contributed by atoms with Gasteiger partial charge in [0.2, 0.25) is 5.96 Å². The number of ether oxygens (including phenoxy) is 1. The Morgan fingerprint density at radius 1 is 1.37 bits per heavy atom. The third kappa shape index (κ3) is 4.08. The number of hydrogen-bond acceptors (Lipinski definition) is 3. The number of hydrazine groups is 1. The van der Waals surface area contributed by atoms with Gasteiger partial charge in [-0.25, -0.2) is 10.8 Å². The van der Waals surface area contributed by atoms with Crippen LogP contribution in [0.3, 0.4) is 0 Å². The molecule has 0 amide bonds. The van der Waals surface area contributed by atoms with E-state index in [0.29, 0.717) is 18.7 Å². The van der Waals surface area contributed by atoms with Gasteiger partial charge in [-0.3, -0.25) is 5.43 Å². The highest BCUT2D eigenvalue weighted by atomic mass is 16.5. The van der Waals surface area contributed by atoms with E-state index >= 15 is 0 Å². The van der Waals surface area contributed by atoms with Crippen LogP contribution in [0.25, 0.3) is 0 Å². The lowest BCUT2D eigenvalue weighted by molar-refractivity contribution is 0.157. The summed E-state index contributed by atoms with van der Waals surface area (Å²) >= 11 is 0. The summed E-state index contributed by atoms with van der Waals surface area (Å²) in [6.45, 7) is 3.83. The summed E-state index contributed by atoms with van der Waals surface area (Å²) in [5.74, 6) is 7.36. The molecule has 0 radical (unpaired) electrons. The van der Waals surface area contributed by atoms with Crippen molar-refractivity contribution in [2.45, 2.75) is 57.5 Å². The zero-order valence-corrected chi connectivity index (χ0v) is 12.3. The Kier molecular flexibility index (Phi) is 5.45. The lowest BCUT2D eigenvalue weighted by Crippen LogP contribution is -2.51. The summed E-state index contributed by atoms with van der Waals surface area (Å²) in [4.78, 5) is 7.12. The minimum atomic E-state index is 0.447. The zero-order valence-electron chi connectivity index (χ0n) is 12.3. The van der Waals surface area contributed by atoms with E-state index < -0.39 is 0 Å². The van der Waals surface area contributed by atoms with E-state index in [1.807, 2.05) is 0 Å². The van der Waals surface area contributed by atoms with Gasteiger partial charge >= 0.3 is 0 Å². The van der Waals surface area contributed by atoms with Crippen LogP contribution in [0.15, 0.2) is 4.99 Å². The Hall–Kier alpha value is -0.810. The average Bonchev–Trinajstić information content (AvgIpc) is 3.15. The van der Waals surface area contributed by atoms with Gasteiger partial charge in [-0.1, -0.05) is 12.8 Å². The summed E-state index contributed by atoms with van der Waals surface area (Å²) in [6, 6.07) is 0.939. The van der Waals surface area contributed by atoms with Crippen LogP contribution in [0.1, 0.15) is 45.4 Å². The summed E-state index contributed by atoms with van der Waals surface area (Å²) in [6.07, 6.45) is 7.63. The van der Waals surface area contributed by atoms with Crippen molar-refractivity contribution < 1.29 is 4.74 Å². The zero-order chi connectivity index (χ0) is 13.7. The van der Waals surface area contributed by atoms with Gasteiger partial charge in [0.05, 0.1) is 12.6 Å². The number of methoxy groups -OCH3 is 1. The molecule has 5 nitrogen and oxygen atoms in total. The maximum Gasteiger partial charge on any atom is 0.209 e. The molecule has 2 aliphatic carbocycles. The topological polar surface area (TPSA) is 62.9 Å². The molecule has 1 unspecified atom stereocenters. The van der Waals surface area contributed by atoms with Crippen LogP contribution in [0, 0.1) is 5.92 Å². The second kappa shape index (κ2) is 7.10. The predicted octanol–water partition coefficient (Wildman–Crippen LogP) is 1.50. The minimum Gasteiger partial charge on any atom is -0.383 e. The van der Waals surface area contributed by atoms with Gasteiger partial charge < -0.3 is 9.64 Å². The third-order valence-electron chi connectivity index (χ3n) is 4.36. The van der Waals surface area contributed by atoms with Crippen LogP contribution >= 0.6 is 0 Å². The van der Waals surface area contributed by atoms with Gasteiger partial charge in [-0.15, -0.1) is 0 Å². The van der Waals surface area contributed by atoms with Crippen molar-refractivity contribution in [3.63, 3.8) is 0 Å². The van der Waals surface area contributed by atoms with Crippen LogP contribution in [0.5, 0.6) is 0 Å². The molecule has 0 aliphatic heterocycles. The van der Waals surface area contributed by atoms with E-state index in [9.17, 15) is 0 Å². The number of guanidine groups is 1. The van der Waals surface area contributed by atoms with Gasteiger partial charge in [0, 0.05) is 19.7 Å². The first-order chi connectivity index (χ1) is 9.26. The first-order valence-electron chi connectivity index (χ1n) is 7.56. The van der Waals surface area contributed by atoms with Crippen molar-refractivity contribution in [2.24, 2.45) is 16.8 Å². The van der Waals surface area contributed by atoms with E-state index in [2.05, 4.69) is 17.2 Å². The van der Waals surface area contributed by atoms with E-state index in [1.165, 1.54) is 38.5 Å². The Morgan fingerprint density at radius 3 is 2.58 bits per heavy atom. The van der Waals surface area contributed by atoms with Gasteiger partial charge in [-0.2, -0.15) is 0 Å². The lowest BCUT2D eigenvalue weighted by Gasteiger charge is -2.32. The molecule has 5 heteroatoms.